The highest BCUT2D eigenvalue weighted by atomic mass is 16.6. The molecule has 1 aliphatic rings. The highest BCUT2D eigenvalue weighted by Gasteiger charge is 2.42. The van der Waals surface area contributed by atoms with Crippen LogP contribution in [0, 0.1) is 16.0 Å². The average molecular weight is 355 g/mol. The Kier molecular flexibility index (Phi) is 4.81. The molecule has 0 spiro atoms. The van der Waals surface area contributed by atoms with Gasteiger partial charge in [-0.1, -0.05) is 30.3 Å². The number of non-ortho nitro benzene ring substituents is 1. The van der Waals surface area contributed by atoms with Gasteiger partial charge in [-0.3, -0.25) is 14.9 Å². The second-order valence-electron chi connectivity index (χ2n) is 6.29. The minimum absolute atomic E-state index is 0.0107. The van der Waals surface area contributed by atoms with Crippen molar-refractivity contribution in [3.63, 3.8) is 0 Å². The van der Waals surface area contributed by atoms with Gasteiger partial charge in [0.25, 0.3) is 5.69 Å². The summed E-state index contributed by atoms with van der Waals surface area (Å²) >= 11 is 0. The van der Waals surface area contributed by atoms with E-state index in [1.54, 1.807) is 24.3 Å². The number of ether oxygens (including phenoxy) is 1. The van der Waals surface area contributed by atoms with Crippen molar-refractivity contribution in [1.82, 2.24) is 0 Å². The number of aliphatic hydroxyl groups is 1. The van der Waals surface area contributed by atoms with Crippen molar-refractivity contribution in [2.24, 2.45) is 5.92 Å². The molecule has 26 heavy (non-hydrogen) atoms. The predicted molar refractivity (Wildman–Crippen MR) is 91.7 cm³/mol. The molecule has 3 unspecified atom stereocenters. The highest BCUT2D eigenvalue weighted by Crippen LogP contribution is 2.44. The van der Waals surface area contributed by atoms with Crippen LogP contribution in [-0.2, 0) is 9.59 Å². The maximum atomic E-state index is 12.5. The van der Waals surface area contributed by atoms with Crippen LogP contribution in [0.2, 0.25) is 0 Å². The van der Waals surface area contributed by atoms with Crippen molar-refractivity contribution in [2.45, 2.75) is 25.4 Å². The zero-order valence-electron chi connectivity index (χ0n) is 14.0. The number of fused-ring (bicyclic) bond motifs is 1. The number of nitro benzene ring substituents is 1. The van der Waals surface area contributed by atoms with Gasteiger partial charge in [0.1, 0.15) is 11.5 Å². The van der Waals surface area contributed by atoms with E-state index in [4.69, 9.17) is 4.74 Å². The molecule has 7 heteroatoms. The van der Waals surface area contributed by atoms with Crippen LogP contribution in [0.4, 0.5) is 5.69 Å². The lowest BCUT2D eigenvalue weighted by Crippen LogP contribution is -2.36. The van der Waals surface area contributed by atoms with E-state index in [9.17, 15) is 24.8 Å². The summed E-state index contributed by atoms with van der Waals surface area (Å²) in [5, 5.41) is 21.6. The molecular formula is C19H17NO6. The Bertz CT molecular complexity index is 861. The standard InChI is InChI=1S/C19H17NO6/c1-11(21)10-15(12-6-8-13(9-7-12)20(24)25)17-18(22)14-4-2-3-5-16(14)26-19(17)23/h2-9,15,17-18,22H,10H2,1H3. The van der Waals surface area contributed by atoms with E-state index in [2.05, 4.69) is 0 Å². The van der Waals surface area contributed by atoms with E-state index in [0.29, 0.717) is 16.9 Å². The summed E-state index contributed by atoms with van der Waals surface area (Å²) in [7, 11) is 0. The summed E-state index contributed by atoms with van der Waals surface area (Å²) in [5.41, 5.74) is 0.950. The molecule has 7 nitrogen and oxygen atoms in total. The summed E-state index contributed by atoms with van der Waals surface area (Å²) in [5.74, 6) is -2.11. The molecule has 2 aromatic rings. The molecule has 1 heterocycles. The average Bonchev–Trinajstić information content (AvgIpc) is 2.60. The van der Waals surface area contributed by atoms with E-state index in [1.165, 1.54) is 31.2 Å². The number of Topliss-reactive ketones (excluding diaryl/α,β-unsaturated/α-hetero) is 1. The number of esters is 1. The van der Waals surface area contributed by atoms with Crippen molar-refractivity contribution in [3.8, 4) is 5.75 Å². The van der Waals surface area contributed by atoms with Crippen molar-refractivity contribution in [1.29, 1.82) is 0 Å². The largest absolute Gasteiger partial charge is 0.426 e. The highest BCUT2D eigenvalue weighted by molar-refractivity contribution is 5.82. The van der Waals surface area contributed by atoms with Gasteiger partial charge in [0, 0.05) is 30.0 Å². The Balaban J connectivity index is 2.01. The number of carbonyl (C=O) groups excluding carboxylic acids is 2. The van der Waals surface area contributed by atoms with Gasteiger partial charge in [-0.15, -0.1) is 0 Å². The SMILES string of the molecule is CC(=O)CC(c1ccc([N+](=O)[O-])cc1)C1C(=O)Oc2ccccc2C1O. The molecule has 0 radical (unpaired) electrons. The smallest absolute Gasteiger partial charge is 0.317 e. The maximum absolute atomic E-state index is 12.5. The zero-order valence-corrected chi connectivity index (χ0v) is 14.0. The molecule has 1 aliphatic heterocycles. The van der Waals surface area contributed by atoms with E-state index < -0.39 is 28.8 Å². The van der Waals surface area contributed by atoms with E-state index in [0.717, 1.165) is 0 Å². The van der Waals surface area contributed by atoms with Crippen LogP contribution in [-0.4, -0.2) is 21.8 Å². The number of hydrogen-bond donors (Lipinski definition) is 1. The first-order chi connectivity index (χ1) is 12.4. The van der Waals surface area contributed by atoms with Crippen molar-refractivity contribution >= 4 is 17.4 Å². The lowest BCUT2D eigenvalue weighted by Gasteiger charge is -2.33. The van der Waals surface area contributed by atoms with Crippen LogP contribution in [0.1, 0.15) is 36.5 Å². The number of carbonyl (C=O) groups is 2. The van der Waals surface area contributed by atoms with Crippen molar-refractivity contribution in [3.05, 3.63) is 69.8 Å². The second-order valence-corrected chi connectivity index (χ2v) is 6.29. The first kappa shape index (κ1) is 17.8. The molecule has 0 bridgehead atoms. The van der Waals surface area contributed by atoms with Crippen LogP contribution in [0.3, 0.4) is 0 Å². The van der Waals surface area contributed by atoms with Crippen LogP contribution in [0.5, 0.6) is 5.75 Å². The molecule has 0 aromatic heterocycles. The molecule has 1 N–H and O–H groups in total. The number of ketones is 1. The Labute approximate surface area is 149 Å². The number of para-hydroxylation sites is 1. The fourth-order valence-electron chi connectivity index (χ4n) is 3.31. The Morgan fingerprint density at radius 1 is 1.23 bits per heavy atom. The van der Waals surface area contributed by atoms with Gasteiger partial charge >= 0.3 is 5.97 Å². The van der Waals surface area contributed by atoms with Gasteiger partial charge in [0.05, 0.1) is 16.9 Å². The number of aliphatic hydroxyl groups excluding tert-OH is 1. The third-order valence-electron chi connectivity index (χ3n) is 4.53. The number of benzene rings is 2. The molecule has 0 saturated heterocycles. The lowest BCUT2D eigenvalue weighted by atomic mass is 9.76. The first-order valence-corrected chi connectivity index (χ1v) is 8.11. The van der Waals surface area contributed by atoms with E-state index >= 15 is 0 Å². The minimum atomic E-state index is -1.13. The van der Waals surface area contributed by atoms with Crippen LogP contribution < -0.4 is 4.74 Å². The molecule has 0 fully saturated rings. The van der Waals surface area contributed by atoms with Gasteiger partial charge in [-0.25, -0.2) is 0 Å². The van der Waals surface area contributed by atoms with Crippen LogP contribution in [0.15, 0.2) is 48.5 Å². The Morgan fingerprint density at radius 2 is 1.88 bits per heavy atom. The van der Waals surface area contributed by atoms with Gasteiger partial charge in [-0.05, 0) is 18.6 Å². The third kappa shape index (κ3) is 3.34. The molecule has 0 amide bonds. The third-order valence-corrected chi connectivity index (χ3v) is 4.53. The van der Waals surface area contributed by atoms with Crippen molar-refractivity contribution < 1.29 is 24.4 Å². The number of hydrogen-bond acceptors (Lipinski definition) is 6. The van der Waals surface area contributed by atoms with Crippen LogP contribution in [0.25, 0.3) is 0 Å². The number of nitrogens with zero attached hydrogens (tertiary/aromatic N) is 1. The van der Waals surface area contributed by atoms with Gasteiger partial charge in [-0.2, -0.15) is 0 Å². The summed E-state index contributed by atoms with van der Waals surface area (Å²) in [4.78, 5) is 34.6. The summed E-state index contributed by atoms with van der Waals surface area (Å²) in [6, 6.07) is 12.3. The Morgan fingerprint density at radius 3 is 2.50 bits per heavy atom. The van der Waals surface area contributed by atoms with Gasteiger partial charge < -0.3 is 14.6 Å². The molecule has 2 aromatic carbocycles. The molecule has 3 atom stereocenters. The molecule has 0 aliphatic carbocycles. The topological polar surface area (TPSA) is 107 Å². The lowest BCUT2D eigenvalue weighted by molar-refractivity contribution is -0.384. The minimum Gasteiger partial charge on any atom is -0.426 e. The van der Waals surface area contributed by atoms with Gasteiger partial charge in [0.2, 0.25) is 0 Å². The molecule has 3 rings (SSSR count). The molecular weight excluding hydrogens is 338 g/mol. The second kappa shape index (κ2) is 7.05. The normalized spacial score (nSPS) is 20.0. The monoisotopic (exact) mass is 355 g/mol. The fraction of sp³-hybridized carbons (Fsp3) is 0.263. The number of nitro groups is 1. The predicted octanol–water partition coefficient (Wildman–Crippen LogP) is 2.93. The summed E-state index contributed by atoms with van der Waals surface area (Å²) in [6.45, 7) is 1.40. The fourth-order valence-corrected chi connectivity index (χ4v) is 3.31. The molecule has 134 valence electrons. The Hall–Kier alpha value is -3.06. The van der Waals surface area contributed by atoms with Crippen LogP contribution >= 0.6 is 0 Å². The van der Waals surface area contributed by atoms with Gasteiger partial charge in [0.15, 0.2) is 0 Å². The quantitative estimate of drug-likeness (QED) is 0.382. The van der Waals surface area contributed by atoms with Crippen molar-refractivity contribution in [2.75, 3.05) is 0 Å². The van der Waals surface area contributed by atoms with E-state index in [-0.39, 0.29) is 17.9 Å². The maximum Gasteiger partial charge on any atom is 0.317 e. The summed E-state index contributed by atoms with van der Waals surface area (Å²) < 4.78 is 5.34. The zero-order chi connectivity index (χ0) is 18.8. The molecule has 0 saturated carbocycles. The summed E-state index contributed by atoms with van der Waals surface area (Å²) in [6.07, 6.45) is -1.12. The van der Waals surface area contributed by atoms with E-state index in [1.807, 2.05) is 0 Å². The number of rotatable bonds is 5. The first-order valence-electron chi connectivity index (χ1n) is 8.11.